The number of nitrogens with zero attached hydrogens (tertiary/aromatic N) is 2. The lowest BCUT2D eigenvalue weighted by molar-refractivity contribution is 0.0972. The van der Waals surface area contributed by atoms with Crippen LogP contribution in [0.4, 0.5) is 11.6 Å². The minimum atomic E-state index is -3.67. The number of halogens is 1. The number of carbonyl (C=O) groups excluding carboxylic acids is 1. The van der Waals surface area contributed by atoms with Gasteiger partial charge in [-0.2, -0.15) is 16.8 Å². The molecule has 0 aliphatic carbocycles. The van der Waals surface area contributed by atoms with E-state index >= 15 is 0 Å². The maximum atomic E-state index is 11.3. The fraction of sp³-hybridized carbons (Fsp3) is 0.250. The second-order valence-corrected chi connectivity index (χ2v) is 7.26. The number of nitrogens with one attached hydrogen (secondary N) is 2. The Labute approximate surface area is 147 Å². The summed E-state index contributed by atoms with van der Waals surface area (Å²) in [6.07, 6.45) is 1.43. The van der Waals surface area contributed by atoms with E-state index in [0.29, 0.717) is 12.5 Å². The van der Waals surface area contributed by atoms with Crippen LogP contribution in [0.1, 0.15) is 10.5 Å². The topological polar surface area (TPSA) is 266 Å². The van der Waals surface area contributed by atoms with Gasteiger partial charge in [0.2, 0.25) is 0 Å². The van der Waals surface area contributed by atoms with Crippen molar-refractivity contribution in [3.05, 3.63) is 10.8 Å². The Hall–Kier alpha value is -2.27. The zero-order valence-electron chi connectivity index (χ0n) is 12.8. The van der Waals surface area contributed by atoms with Crippen LogP contribution >= 0.6 is 11.6 Å². The van der Waals surface area contributed by atoms with E-state index in [1.165, 1.54) is 0 Å². The monoisotopic (exact) mass is 421 g/mol. The molecule has 1 rings (SSSR count). The molecule has 0 aliphatic rings. The molecule has 1 heterocycles. The molecule has 0 unspecified atom stereocenters. The molecule has 0 atom stereocenters. The molecule has 17 heteroatoms. The van der Waals surface area contributed by atoms with Crippen molar-refractivity contribution in [2.75, 3.05) is 24.0 Å². The Morgan fingerprint density at radius 3 is 1.76 bits per heavy atom. The Morgan fingerprint density at radius 1 is 1.08 bits per heavy atom. The van der Waals surface area contributed by atoms with Crippen LogP contribution in [0.15, 0.2) is 0 Å². The first kappa shape index (κ1) is 25.0. The standard InChI is InChI=1S/C6H8ClN7O.2CH4O3S/c7-2-4(9)13-3(8)1(12-2)5(15)14-6(10)11;2*1-5(2,3)4/h(H4,8,9,13)(H4,10,11,14,15);2*1H3,(H,2,3,4). The highest BCUT2D eigenvalue weighted by Crippen LogP contribution is 2.16. The van der Waals surface area contributed by atoms with Gasteiger partial charge in [0.25, 0.3) is 26.1 Å². The number of guanidine groups is 1. The highest BCUT2D eigenvalue weighted by molar-refractivity contribution is 7.85. The zero-order chi connectivity index (χ0) is 20.6. The Morgan fingerprint density at radius 2 is 1.44 bits per heavy atom. The van der Waals surface area contributed by atoms with E-state index in [9.17, 15) is 21.6 Å². The Bertz CT molecular complexity index is 795. The molecule has 25 heavy (non-hydrogen) atoms. The molecule has 10 N–H and O–H groups in total. The van der Waals surface area contributed by atoms with Gasteiger partial charge in [0.15, 0.2) is 28.4 Å². The molecule has 0 saturated heterocycles. The van der Waals surface area contributed by atoms with Crippen molar-refractivity contribution >= 4 is 55.3 Å². The Balaban J connectivity index is 0. The summed E-state index contributed by atoms with van der Waals surface area (Å²) in [5.74, 6) is -1.56. The summed E-state index contributed by atoms with van der Waals surface area (Å²) in [5, 5.41) is 8.69. The number of anilines is 2. The van der Waals surface area contributed by atoms with E-state index in [2.05, 4.69) is 9.97 Å². The zero-order valence-corrected chi connectivity index (χ0v) is 15.1. The molecule has 14 nitrogen and oxygen atoms in total. The molecule has 0 bridgehead atoms. The van der Waals surface area contributed by atoms with Crippen molar-refractivity contribution in [1.29, 1.82) is 5.41 Å². The van der Waals surface area contributed by atoms with E-state index in [0.717, 1.165) is 0 Å². The summed E-state index contributed by atoms with van der Waals surface area (Å²) < 4.78 is 51.7. The van der Waals surface area contributed by atoms with E-state index in [-0.39, 0.29) is 22.5 Å². The summed E-state index contributed by atoms with van der Waals surface area (Å²) in [4.78, 5) is 18.5. The molecule has 0 aliphatic heterocycles. The number of nitrogens with two attached hydrogens (primary N) is 3. The highest BCUT2D eigenvalue weighted by Gasteiger charge is 2.15. The summed E-state index contributed by atoms with van der Waals surface area (Å²) in [5.41, 5.74) is 15.4. The lowest BCUT2D eigenvalue weighted by Gasteiger charge is -2.05. The molecular weight excluding hydrogens is 406 g/mol. The fourth-order valence-electron chi connectivity index (χ4n) is 0.790. The molecule has 144 valence electrons. The molecule has 1 amide bonds. The number of carbonyl (C=O) groups is 1. The molecule has 0 saturated carbocycles. The number of hydrogen-bond acceptors (Lipinski definition) is 10. The van der Waals surface area contributed by atoms with E-state index in [1.807, 2.05) is 5.32 Å². The molecule has 1 aromatic heterocycles. The number of hydrogen-bond donors (Lipinski definition) is 7. The number of rotatable bonds is 1. The number of amides is 1. The highest BCUT2D eigenvalue weighted by atomic mass is 35.5. The quantitative estimate of drug-likeness (QED) is 0.146. The van der Waals surface area contributed by atoms with Crippen LogP contribution in [-0.4, -0.2) is 60.3 Å². The Kier molecular flexibility index (Phi) is 9.88. The number of aromatic nitrogens is 2. The minimum absolute atomic E-state index is 0.0754. The summed E-state index contributed by atoms with van der Waals surface area (Å²) in [6.45, 7) is 0. The predicted molar refractivity (Wildman–Crippen MR) is 90.2 cm³/mol. The SMILES string of the molecule is CS(=O)(=O)O.CS(=O)(=O)O.N=C(N)NC(=O)c1nc(Cl)c(N)nc1N. The van der Waals surface area contributed by atoms with Crippen molar-refractivity contribution in [3.8, 4) is 0 Å². The maximum absolute atomic E-state index is 11.3. The third-order valence-electron chi connectivity index (χ3n) is 1.37. The van der Waals surface area contributed by atoms with Gasteiger partial charge in [-0.05, 0) is 0 Å². The molecule has 0 spiro atoms. The molecule has 1 aromatic rings. The molecule has 0 fully saturated rings. The van der Waals surface area contributed by atoms with Crippen molar-refractivity contribution in [2.45, 2.75) is 0 Å². The van der Waals surface area contributed by atoms with Gasteiger partial charge in [0.05, 0.1) is 12.5 Å². The third-order valence-corrected chi connectivity index (χ3v) is 1.65. The normalized spacial score (nSPS) is 10.4. The van der Waals surface area contributed by atoms with Crippen LogP contribution < -0.4 is 22.5 Å². The van der Waals surface area contributed by atoms with Crippen molar-refractivity contribution in [1.82, 2.24) is 15.3 Å². The van der Waals surface area contributed by atoms with Gasteiger partial charge in [0, 0.05) is 0 Å². The van der Waals surface area contributed by atoms with Crippen molar-refractivity contribution in [2.24, 2.45) is 5.73 Å². The second kappa shape index (κ2) is 9.89. The maximum Gasteiger partial charge on any atom is 0.280 e. The lowest BCUT2D eigenvalue weighted by Crippen LogP contribution is -2.36. The van der Waals surface area contributed by atoms with Crippen LogP contribution in [0.3, 0.4) is 0 Å². The van der Waals surface area contributed by atoms with Crippen molar-refractivity contribution in [3.63, 3.8) is 0 Å². The van der Waals surface area contributed by atoms with E-state index < -0.39 is 32.1 Å². The lowest BCUT2D eigenvalue weighted by atomic mass is 10.4. The summed E-state index contributed by atoms with van der Waals surface area (Å²) in [7, 11) is -7.33. The minimum Gasteiger partial charge on any atom is -0.382 e. The average Bonchev–Trinajstić information content (AvgIpc) is 2.28. The average molecular weight is 422 g/mol. The van der Waals surface area contributed by atoms with Crippen LogP contribution in [0, 0.1) is 5.41 Å². The van der Waals surface area contributed by atoms with Gasteiger partial charge in [-0.3, -0.25) is 24.6 Å². The fourth-order valence-corrected chi connectivity index (χ4v) is 0.917. The second-order valence-electron chi connectivity index (χ2n) is 3.97. The van der Waals surface area contributed by atoms with E-state index in [1.54, 1.807) is 0 Å². The van der Waals surface area contributed by atoms with E-state index in [4.69, 9.17) is 43.3 Å². The molecule has 0 aromatic carbocycles. The van der Waals surface area contributed by atoms with Crippen LogP contribution in [-0.2, 0) is 20.2 Å². The summed E-state index contributed by atoms with van der Waals surface area (Å²) in [6, 6.07) is 0. The summed E-state index contributed by atoms with van der Waals surface area (Å²) >= 11 is 5.55. The van der Waals surface area contributed by atoms with Gasteiger partial charge >= 0.3 is 0 Å². The smallest absolute Gasteiger partial charge is 0.280 e. The van der Waals surface area contributed by atoms with Crippen LogP contribution in [0.2, 0.25) is 5.15 Å². The first-order chi connectivity index (χ1) is 10.9. The largest absolute Gasteiger partial charge is 0.382 e. The van der Waals surface area contributed by atoms with Crippen LogP contribution in [0.25, 0.3) is 0 Å². The van der Waals surface area contributed by atoms with Gasteiger partial charge in [0.1, 0.15) is 0 Å². The van der Waals surface area contributed by atoms with Gasteiger partial charge < -0.3 is 17.2 Å². The first-order valence-electron chi connectivity index (χ1n) is 5.50. The van der Waals surface area contributed by atoms with Gasteiger partial charge in [-0.25, -0.2) is 9.97 Å². The first-order valence-corrected chi connectivity index (χ1v) is 9.58. The molecule has 0 radical (unpaired) electrons. The number of nitrogen functional groups attached to an aromatic ring is 2. The van der Waals surface area contributed by atoms with Crippen LogP contribution in [0.5, 0.6) is 0 Å². The molecular formula is C8H16ClN7O7S2. The predicted octanol–water partition coefficient (Wildman–Crippen LogP) is -2.07. The van der Waals surface area contributed by atoms with Gasteiger partial charge in [-0.15, -0.1) is 0 Å². The van der Waals surface area contributed by atoms with Gasteiger partial charge in [-0.1, -0.05) is 11.6 Å². The third kappa shape index (κ3) is 17.9. The van der Waals surface area contributed by atoms with Crippen molar-refractivity contribution < 1.29 is 30.7 Å².